The van der Waals surface area contributed by atoms with Crippen LogP contribution in [0.15, 0.2) is 12.1 Å². The molecule has 1 amide bonds. The summed E-state index contributed by atoms with van der Waals surface area (Å²) < 4.78 is 69.9. The first-order chi connectivity index (χ1) is 9.43. The molecule has 0 spiro atoms. The molecule has 21 heavy (non-hydrogen) atoms. The van der Waals surface area contributed by atoms with Gasteiger partial charge in [-0.15, -0.1) is 0 Å². The van der Waals surface area contributed by atoms with Gasteiger partial charge in [-0.2, -0.15) is 22.0 Å². The van der Waals surface area contributed by atoms with Crippen molar-refractivity contribution in [2.45, 2.75) is 31.9 Å². The largest absolute Gasteiger partial charge is 0.496 e. The first-order valence-electron chi connectivity index (χ1n) is 5.90. The van der Waals surface area contributed by atoms with E-state index in [-0.39, 0.29) is 11.3 Å². The van der Waals surface area contributed by atoms with Crippen molar-refractivity contribution < 1.29 is 31.5 Å². The fraction of sp³-hybridized carbons (Fsp3) is 0.462. The van der Waals surface area contributed by atoms with Crippen molar-refractivity contribution in [2.24, 2.45) is 5.73 Å². The van der Waals surface area contributed by atoms with Gasteiger partial charge in [-0.3, -0.25) is 4.79 Å². The molecular weight excluding hydrogens is 297 g/mol. The van der Waals surface area contributed by atoms with Gasteiger partial charge in [-0.25, -0.2) is 0 Å². The first kappa shape index (κ1) is 17.2. The van der Waals surface area contributed by atoms with Gasteiger partial charge in [0.15, 0.2) is 0 Å². The summed E-state index contributed by atoms with van der Waals surface area (Å²) in [4.78, 5) is 11.2. The van der Waals surface area contributed by atoms with Gasteiger partial charge in [0.2, 0.25) is 0 Å². The van der Waals surface area contributed by atoms with E-state index in [4.69, 9.17) is 10.5 Å². The third kappa shape index (κ3) is 3.08. The lowest BCUT2D eigenvalue weighted by Gasteiger charge is -2.25. The molecule has 0 aliphatic rings. The van der Waals surface area contributed by atoms with E-state index in [0.29, 0.717) is 6.07 Å². The summed E-state index contributed by atoms with van der Waals surface area (Å²) in [6.07, 6.45) is -5.78. The van der Waals surface area contributed by atoms with E-state index in [1.54, 1.807) is 0 Å². The highest BCUT2D eigenvalue weighted by Gasteiger charge is 2.59. The number of amides is 1. The maximum atomic E-state index is 13.6. The summed E-state index contributed by atoms with van der Waals surface area (Å²) >= 11 is 0. The highest BCUT2D eigenvalue weighted by molar-refractivity contribution is 5.96. The van der Waals surface area contributed by atoms with Crippen LogP contribution in [0.1, 0.15) is 41.3 Å². The minimum absolute atomic E-state index is 0.145. The Morgan fingerprint density at radius 2 is 1.71 bits per heavy atom. The molecular formula is C13H14F5NO2. The minimum Gasteiger partial charge on any atom is -0.496 e. The van der Waals surface area contributed by atoms with E-state index in [9.17, 15) is 26.7 Å². The quantitative estimate of drug-likeness (QED) is 0.864. The van der Waals surface area contributed by atoms with Crippen LogP contribution in [0.2, 0.25) is 0 Å². The number of methoxy groups -OCH3 is 1. The highest BCUT2D eigenvalue weighted by Crippen LogP contribution is 2.47. The van der Waals surface area contributed by atoms with Crippen molar-refractivity contribution in [2.75, 3.05) is 7.11 Å². The van der Waals surface area contributed by atoms with E-state index in [1.807, 2.05) is 0 Å². The van der Waals surface area contributed by atoms with E-state index in [1.165, 1.54) is 13.8 Å². The van der Waals surface area contributed by atoms with Gasteiger partial charge in [-0.1, -0.05) is 13.8 Å². The van der Waals surface area contributed by atoms with Crippen LogP contribution < -0.4 is 10.5 Å². The topological polar surface area (TPSA) is 52.3 Å². The van der Waals surface area contributed by atoms with Gasteiger partial charge in [0, 0.05) is 5.56 Å². The molecule has 0 unspecified atom stereocenters. The molecule has 0 aromatic heterocycles. The van der Waals surface area contributed by atoms with E-state index in [2.05, 4.69) is 0 Å². The van der Waals surface area contributed by atoms with Crippen molar-refractivity contribution in [3.63, 3.8) is 0 Å². The zero-order valence-corrected chi connectivity index (χ0v) is 11.5. The molecule has 0 saturated heterocycles. The molecule has 1 aromatic rings. The fourth-order valence-electron chi connectivity index (χ4n) is 1.86. The summed E-state index contributed by atoms with van der Waals surface area (Å²) in [6.45, 7) is 2.91. The molecule has 8 heteroatoms. The van der Waals surface area contributed by atoms with Crippen molar-refractivity contribution in [1.82, 2.24) is 0 Å². The molecule has 0 heterocycles. The summed E-state index contributed by atoms with van der Waals surface area (Å²) in [5.74, 6) is -7.03. The van der Waals surface area contributed by atoms with Crippen LogP contribution in [0.5, 0.6) is 5.75 Å². The second-order valence-electron chi connectivity index (χ2n) is 4.73. The van der Waals surface area contributed by atoms with E-state index in [0.717, 1.165) is 13.2 Å². The number of ether oxygens (including phenoxy) is 1. The Balaban J connectivity index is 3.71. The second kappa shape index (κ2) is 5.50. The van der Waals surface area contributed by atoms with Crippen LogP contribution in [0.25, 0.3) is 0 Å². The van der Waals surface area contributed by atoms with Gasteiger partial charge in [0.05, 0.1) is 12.7 Å². The molecule has 1 aromatic carbocycles. The monoisotopic (exact) mass is 311 g/mol. The smallest absolute Gasteiger partial charge is 0.458 e. The molecule has 0 aliphatic carbocycles. The SMILES string of the molecule is COc1cc(C(C)C)c(C(F)(F)C(F)(F)F)cc1C(N)=O. The number of hydrogen-bond donors (Lipinski definition) is 1. The Hall–Kier alpha value is -1.86. The van der Waals surface area contributed by atoms with Crippen LogP contribution in [-0.4, -0.2) is 19.2 Å². The predicted octanol–water partition coefficient (Wildman–Crippen LogP) is 3.57. The van der Waals surface area contributed by atoms with Gasteiger partial charge in [0.1, 0.15) is 5.75 Å². The van der Waals surface area contributed by atoms with Crippen molar-refractivity contribution in [3.05, 3.63) is 28.8 Å². The van der Waals surface area contributed by atoms with Crippen molar-refractivity contribution in [3.8, 4) is 5.75 Å². The third-order valence-corrected chi connectivity index (χ3v) is 2.95. The Morgan fingerprint density at radius 3 is 2.05 bits per heavy atom. The van der Waals surface area contributed by atoms with Gasteiger partial charge >= 0.3 is 12.1 Å². The molecule has 0 bridgehead atoms. The third-order valence-electron chi connectivity index (χ3n) is 2.95. The van der Waals surface area contributed by atoms with Crippen LogP contribution in [0, 0.1) is 0 Å². The number of primary amides is 1. The Kier molecular flexibility index (Phi) is 4.50. The maximum Gasteiger partial charge on any atom is 0.458 e. The Bertz CT molecular complexity index is 552. The molecule has 3 nitrogen and oxygen atoms in total. The predicted molar refractivity (Wildman–Crippen MR) is 65.5 cm³/mol. The van der Waals surface area contributed by atoms with Crippen LogP contribution in [-0.2, 0) is 5.92 Å². The second-order valence-corrected chi connectivity index (χ2v) is 4.73. The lowest BCUT2D eigenvalue weighted by Crippen LogP contribution is -2.35. The number of benzene rings is 1. The summed E-state index contributed by atoms with van der Waals surface area (Å²) in [6, 6.07) is 1.43. The molecule has 0 fully saturated rings. The molecule has 118 valence electrons. The summed E-state index contributed by atoms with van der Waals surface area (Å²) in [7, 11) is 1.16. The minimum atomic E-state index is -5.78. The first-order valence-corrected chi connectivity index (χ1v) is 5.90. The van der Waals surface area contributed by atoms with Gasteiger partial charge < -0.3 is 10.5 Å². The zero-order valence-electron chi connectivity index (χ0n) is 11.5. The van der Waals surface area contributed by atoms with Crippen LogP contribution in [0.4, 0.5) is 22.0 Å². The number of hydrogen-bond acceptors (Lipinski definition) is 2. The number of rotatable bonds is 4. The van der Waals surface area contributed by atoms with Gasteiger partial charge in [0.25, 0.3) is 5.91 Å². The van der Waals surface area contributed by atoms with Gasteiger partial charge in [-0.05, 0) is 23.6 Å². The van der Waals surface area contributed by atoms with Crippen LogP contribution >= 0.6 is 0 Å². The van der Waals surface area contributed by atoms with Crippen LogP contribution in [0.3, 0.4) is 0 Å². The molecule has 0 saturated carbocycles. The lowest BCUT2D eigenvalue weighted by atomic mass is 9.90. The average molecular weight is 311 g/mol. The normalized spacial score (nSPS) is 12.6. The Labute approximate surface area is 117 Å². The van der Waals surface area contributed by atoms with E-state index >= 15 is 0 Å². The molecule has 2 N–H and O–H groups in total. The molecule has 0 atom stereocenters. The lowest BCUT2D eigenvalue weighted by molar-refractivity contribution is -0.289. The zero-order chi connectivity index (χ0) is 16.6. The maximum absolute atomic E-state index is 13.6. The molecule has 0 aliphatic heterocycles. The van der Waals surface area contributed by atoms with Crippen molar-refractivity contribution in [1.29, 1.82) is 0 Å². The average Bonchev–Trinajstić information content (AvgIpc) is 2.35. The number of carbonyl (C=O) groups is 1. The van der Waals surface area contributed by atoms with Crippen molar-refractivity contribution >= 4 is 5.91 Å². The molecule has 1 rings (SSSR count). The van der Waals surface area contributed by atoms with E-state index < -0.39 is 35.1 Å². The molecule has 0 radical (unpaired) electrons. The standard InChI is InChI=1S/C13H14F5NO2/c1-6(2)7-5-10(21-3)8(11(19)20)4-9(7)12(14,15)13(16,17)18/h4-6H,1-3H3,(H2,19,20). The number of alkyl halides is 5. The fourth-order valence-corrected chi connectivity index (χ4v) is 1.86. The summed E-state index contributed by atoms with van der Waals surface area (Å²) in [5.41, 5.74) is 2.91. The number of halogens is 5. The number of nitrogens with two attached hydrogens (primary N) is 1. The highest BCUT2D eigenvalue weighted by atomic mass is 19.4. The Morgan fingerprint density at radius 1 is 1.19 bits per heavy atom. The number of carbonyl (C=O) groups excluding carboxylic acids is 1. The summed E-state index contributed by atoms with van der Waals surface area (Å²) in [5, 5.41) is 0.